The molecule has 164 valence electrons. The number of fused-ring (bicyclic) bond motifs is 2. The van der Waals surface area contributed by atoms with Gasteiger partial charge >= 0.3 is 6.01 Å². The highest BCUT2D eigenvalue weighted by Gasteiger charge is 2.29. The highest BCUT2D eigenvalue weighted by molar-refractivity contribution is 5.93. The molecule has 1 aromatic carbocycles. The van der Waals surface area contributed by atoms with Crippen molar-refractivity contribution in [1.82, 2.24) is 20.3 Å². The quantitative estimate of drug-likeness (QED) is 0.662. The molecule has 0 saturated carbocycles. The number of nitriles is 1. The number of nitrogens with zero attached hydrogens (tertiary/aromatic N) is 6. The predicted molar refractivity (Wildman–Crippen MR) is 124 cm³/mol. The molecule has 0 radical (unpaired) electrons. The standard InChI is InChI=1S/C24H27N7O/c1-2-32-24-28-21-16-30(22-5-3-4-17-7-10-26-14-20(17)22)12-8-19(21)23(29-24)31-13-11-27-18(15-31)6-9-25/h3-5,7,10,14,18,27H,2,6,8,11-13,15-16H2,1H3. The summed E-state index contributed by atoms with van der Waals surface area (Å²) in [4.78, 5) is 18.6. The van der Waals surface area contributed by atoms with Gasteiger partial charge in [-0.2, -0.15) is 15.2 Å². The topological polar surface area (TPSA) is 90.2 Å². The summed E-state index contributed by atoms with van der Waals surface area (Å²) in [5.74, 6) is 0.960. The van der Waals surface area contributed by atoms with E-state index in [0.717, 1.165) is 49.5 Å². The van der Waals surface area contributed by atoms with Gasteiger partial charge in [-0.1, -0.05) is 12.1 Å². The van der Waals surface area contributed by atoms with E-state index in [1.165, 1.54) is 16.6 Å². The average molecular weight is 430 g/mol. The average Bonchev–Trinajstić information content (AvgIpc) is 2.83. The Bertz CT molecular complexity index is 1150. The van der Waals surface area contributed by atoms with Crippen LogP contribution in [0, 0.1) is 11.3 Å². The molecule has 0 aliphatic carbocycles. The van der Waals surface area contributed by atoms with E-state index in [1.807, 2.05) is 25.4 Å². The van der Waals surface area contributed by atoms with Crippen molar-refractivity contribution in [3.8, 4) is 12.1 Å². The third-order valence-corrected chi connectivity index (χ3v) is 6.19. The monoisotopic (exact) mass is 429 g/mol. The van der Waals surface area contributed by atoms with Crippen LogP contribution in [0.1, 0.15) is 24.6 Å². The molecular weight excluding hydrogens is 402 g/mol. The van der Waals surface area contributed by atoms with Gasteiger partial charge in [0.15, 0.2) is 0 Å². The Morgan fingerprint density at radius 2 is 2.16 bits per heavy atom. The van der Waals surface area contributed by atoms with Crippen LogP contribution in [0.25, 0.3) is 10.8 Å². The molecule has 0 amide bonds. The van der Waals surface area contributed by atoms with Crippen molar-refractivity contribution in [2.24, 2.45) is 0 Å². The second kappa shape index (κ2) is 8.97. The molecule has 2 aliphatic rings. The first-order valence-corrected chi connectivity index (χ1v) is 11.2. The lowest BCUT2D eigenvalue weighted by Crippen LogP contribution is -2.51. The van der Waals surface area contributed by atoms with Crippen molar-refractivity contribution in [3.63, 3.8) is 0 Å². The Balaban J connectivity index is 1.50. The third-order valence-electron chi connectivity index (χ3n) is 6.19. The van der Waals surface area contributed by atoms with Crippen molar-refractivity contribution in [3.05, 3.63) is 47.9 Å². The first kappa shape index (κ1) is 20.5. The molecule has 1 saturated heterocycles. The number of aromatic nitrogens is 3. The molecule has 32 heavy (non-hydrogen) atoms. The van der Waals surface area contributed by atoms with Crippen molar-refractivity contribution in [1.29, 1.82) is 5.26 Å². The first-order chi connectivity index (χ1) is 15.8. The zero-order valence-electron chi connectivity index (χ0n) is 18.3. The highest BCUT2D eigenvalue weighted by Crippen LogP contribution is 2.34. The maximum atomic E-state index is 9.13. The fraction of sp³-hybridized carbons (Fsp3) is 0.417. The van der Waals surface area contributed by atoms with Crippen LogP contribution < -0.4 is 19.9 Å². The van der Waals surface area contributed by atoms with Gasteiger partial charge < -0.3 is 19.9 Å². The van der Waals surface area contributed by atoms with E-state index >= 15 is 0 Å². The second-order valence-corrected chi connectivity index (χ2v) is 8.19. The lowest BCUT2D eigenvalue weighted by molar-refractivity contribution is 0.310. The smallest absolute Gasteiger partial charge is 0.318 e. The number of benzene rings is 1. The minimum Gasteiger partial charge on any atom is -0.464 e. The molecule has 1 atom stereocenters. The number of piperazine rings is 1. The summed E-state index contributed by atoms with van der Waals surface area (Å²) >= 11 is 0. The van der Waals surface area contributed by atoms with Gasteiger partial charge in [0, 0.05) is 61.3 Å². The van der Waals surface area contributed by atoms with Crippen molar-refractivity contribution in [2.45, 2.75) is 32.4 Å². The van der Waals surface area contributed by atoms with E-state index in [9.17, 15) is 0 Å². The van der Waals surface area contributed by atoms with Gasteiger partial charge in [-0.15, -0.1) is 0 Å². The summed E-state index contributed by atoms with van der Waals surface area (Å²) in [6.45, 7) is 6.52. The summed E-state index contributed by atoms with van der Waals surface area (Å²) in [6.07, 6.45) is 5.12. The van der Waals surface area contributed by atoms with Gasteiger partial charge in [-0.05, 0) is 30.9 Å². The number of pyridine rings is 1. The Morgan fingerprint density at radius 1 is 1.22 bits per heavy atom. The Hall–Kier alpha value is -3.44. The van der Waals surface area contributed by atoms with E-state index in [1.54, 1.807) is 0 Å². The van der Waals surface area contributed by atoms with Crippen LogP contribution in [0.3, 0.4) is 0 Å². The zero-order valence-corrected chi connectivity index (χ0v) is 18.3. The molecule has 3 aromatic rings. The molecule has 0 spiro atoms. The van der Waals surface area contributed by atoms with Crippen molar-refractivity contribution >= 4 is 22.3 Å². The molecule has 8 nitrogen and oxygen atoms in total. The molecule has 5 rings (SSSR count). The van der Waals surface area contributed by atoms with Crippen LogP contribution in [-0.2, 0) is 13.0 Å². The molecular formula is C24H27N7O. The number of hydrogen-bond donors (Lipinski definition) is 1. The van der Waals surface area contributed by atoms with Gasteiger partial charge in [0.1, 0.15) is 5.82 Å². The molecule has 8 heteroatoms. The number of rotatable bonds is 5. The molecule has 1 fully saturated rings. The summed E-state index contributed by atoms with van der Waals surface area (Å²) < 4.78 is 5.74. The first-order valence-electron chi connectivity index (χ1n) is 11.2. The number of ether oxygens (including phenoxy) is 1. The molecule has 2 aliphatic heterocycles. The molecule has 2 aromatic heterocycles. The molecule has 1 N–H and O–H groups in total. The highest BCUT2D eigenvalue weighted by atomic mass is 16.5. The largest absolute Gasteiger partial charge is 0.464 e. The SMILES string of the molecule is CCOc1nc2c(c(N3CCNC(CC#N)C3)n1)CCN(c1cccc3ccncc13)C2. The van der Waals surface area contributed by atoms with Gasteiger partial charge in [0.2, 0.25) is 0 Å². The van der Waals surface area contributed by atoms with E-state index < -0.39 is 0 Å². The Kier molecular flexibility index (Phi) is 5.73. The van der Waals surface area contributed by atoms with Crippen LogP contribution in [0.15, 0.2) is 36.7 Å². The van der Waals surface area contributed by atoms with Crippen LogP contribution in [0.5, 0.6) is 6.01 Å². The summed E-state index contributed by atoms with van der Waals surface area (Å²) in [5.41, 5.74) is 3.39. The lowest BCUT2D eigenvalue weighted by atomic mass is 10.0. The van der Waals surface area contributed by atoms with E-state index in [-0.39, 0.29) is 6.04 Å². The van der Waals surface area contributed by atoms with Crippen LogP contribution in [0.2, 0.25) is 0 Å². The minimum atomic E-state index is 0.151. The van der Waals surface area contributed by atoms with E-state index in [2.05, 4.69) is 44.4 Å². The van der Waals surface area contributed by atoms with Crippen molar-refractivity contribution < 1.29 is 4.74 Å². The lowest BCUT2D eigenvalue weighted by Gasteiger charge is -2.37. The fourth-order valence-electron chi connectivity index (χ4n) is 4.69. The van der Waals surface area contributed by atoms with Crippen molar-refractivity contribution in [2.75, 3.05) is 42.6 Å². The van der Waals surface area contributed by atoms with Gasteiger partial charge in [-0.3, -0.25) is 4.98 Å². The fourth-order valence-corrected chi connectivity index (χ4v) is 4.69. The number of hydrogen-bond acceptors (Lipinski definition) is 8. The molecule has 1 unspecified atom stereocenters. The normalized spacial score (nSPS) is 18.3. The van der Waals surface area contributed by atoms with Gasteiger partial charge in [0.05, 0.1) is 31.3 Å². The number of nitrogens with one attached hydrogen (secondary N) is 1. The molecule has 0 bridgehead atoms. The maximum Gasteiger partial charge on any atom is 0.318 e. The van der Waals surface area contributed by atoms with E-state index in [0.29, 0.717) is 25.6 Å². The van der Waals surface area contributed by atoms with E-state index in [4.69, 9.17) is 20.0 Å². The van der Waals surface area contributed by atoms with Gasteiger partial charge in [-0.25, -0.2) is 0 Å². The Labute approximate surface area is 187 Å². The van der Waals surface area contributed by atoms with Crippen LogP contribution in [-0.4, -0.2) is 53.8 Å². The predicted octanol–water partition coefficient (Wildman–Crippen LogP) is 2.68. The third kappa shape index (κ3) is 3.92. The Morgan fingerprint density at radius 3 is 3.03 bits per heavy atom. The summed E-state index contributed by atoms with van der Waals surface area (Å²) in [7, 11) is 0. The maximum absolute atomic E-state index is 9.13. The summed E-state index contributed by atoms with van der Waals surface area (Å²) in [6, 6.07) is 11.3. The summed E-state index contributed by atoms with van der Waals surface area (Å²) in [5, 5.41) is 14.9. The minimum absolute atomic E-state index is 0.151. The second-order valence-electron chi connectivity index (χ2n) is 8.19. The zero-order chi connectivity index (χ0) is 21.9. The van der Waals surface area contributed by atoms with Crippen LogP contribution >= 0.6 is 0 Å². The number of anilines is 2. The van der Waals surface area contributed by atoms with Gasteiger partial charge in [0.25, 0.3) is 0 Å². The molecule has 4 heterocycles. The van der Waals surface area contributed by atoms with Crippen LogP contribution in [0.4, 0.5) is 11.5 Å².